The molecule has 6 nitrogen and oxygen atoms in total. The maximum absolute atomic E-state index is 13.6. The third kappa shape index (κ3) is 4.61. The first-order chi connectivity index (χ1) is 11.7. The van der Waals surface area contributed by atoms with Crippen LogP contribution in [-0.2, 0) is 9.59 Å². The van der Waals surface area contributed by atoms with Crippen LogP contribution in [0.25, 0.3) is 0 Å². The van der Waals surface area contributed by atoms with Crippen LogP contribution in [0.4, 0.5) is 4.39 Å². The molecule has 0 radical (unpaired) electrons. The summed E-state index contributed by atoms with van der Waals surface area (Å²) >= 11 is 11.6. The number of hydrogen-bond donors (Lipinski definition) is 1. The van der Waals surface area contributed by atoms with Crippen molar-refractivity contribution in [1.82, 2.24) is 15.1 Å². The van der Waals surface area contributed by atoms with Crippen molar-refractivity contribution in [2.45, 2.75) is 19.9 Å². The van der Waals surface area contributed by atoms with Crippen LogP contribution in [0.2, 0.25) is 10.0 Å². The Hall–Kier alpha value is -1.86. The molecule has 2 rings (SSSR count). The minimum atomic E-state index is -0.728. The number of benzene rings is 1. The Balaban J connectivity index is 2.00. The van der Waals surface area contributed by atoms with Gasteiger partial charge in [0.05, 0.1) is 15.6 Å². The van der Waals surface area contributed by atoms with Crippen molar-refractivity contribution in [3.8, 4) is 0 Å². The molecule has 0 aromatic heterocycles. The highest BCUT2D eigenvalue weighted by molar-refractivity contribution is 6.37. The number of piperazine rings is 1. The molecule has 1 heterocycles. The quantitative estimate of drug-likeness (QED) is 0.620. The van der Waals surface area contributed by atoms with Crippen molar-refractivity contribution in [2.24, 2.45) is 0 Å². The van der Waals surface area contributed by atoms with Gasteiger partial charge in [-0.1, -0.05) is 23.2 Å². The average molecular weight is 390 g/mol. The minimum absolute atomic E-state index is 0.0147. The van der Waals surface area contributed by atoms with Gasteiger partial charge >= 0.3 is 11.8 Å². The molecule has 1 aliphatic rings. The average Bonchev–Trinajstić information content (AvgIpc) is 2.56. The molecule has 25 heavy (non-hydrogen) atoms. The highest BCUT2D eigenvalue weighted by Gasteiger charge is 2.29. The Labute approximate surface area is 154 Å². The third-order valence-electron chi connectivity index (χ3n) is 3.71. The van der Waals surface area contributed by atoms with E-state index in [-0.39, 0.29) is 47.8 Å². The van der Waals surface area contributed by atoms with Crippen molar-refractivity contribution < 1.29 is 18.8 Å². The third-order valence-corrected chi connectivity index (χ3v) is 4.31. The minimum Gasteiger partial charge on any atom is -0.346 e. The van der Waals surface area contributed by atoms with Crippen LogP contribution < -0.4 is 5.32 Å². The van der Waals surface area contributed by atoms with E-state index < -0.39 is 23.5 Å². The fourth-order valence-electron chi connectivity index (χ4n) is 2.44. The number of hydrogen-bond acceptors (Lipinski definition) is 3. The normalized spacial score (nSPS) is 14.6. The second-order valence-electron chi connectivity index (χ2n) is 5.96. The first-order valence-corrected chi connectivity index (χ1v) is 8.50. The lowest BCUT2D eigenvalue weighted by Crippen LogP contribution is -2.54. The van der Waals surface area contributed by atoms with Crippen molar-refractivity contribution in [2.75, 3.05) is 26.2 Å². The van der Waals surface area contributed by atoms with Gasteiger partial charge in [0.25, 0.3) is 5.91 Å². The summed E-state index contributed by atoms with van der Waals surface area (Å²) in [5.41, 5.74) is 0.0147. The zero-order valence-electron chi connectivity index (χ0n) is 13.8. The number of carbonyl (C=O) groups is 3. The van der Waals surface area contributed by atoms with Gasteiger partial charge in [-0.25, -0.2) is 4.39 Å². The Morgan fingerprint density at radius 1 is 1.04 bits per heavy atom. The lowest BCUT2D eigenvalue weighted by molar-refractivity contribution is -0.147. The van der Waals surface area contributed by atoms with Gasteiger partial charge in [0.1, 0.15) is 5.82 Å². The first kappa shape index (κ1) is 19.5. The Morgan fingerprint density at radius 3 is 2.16 bits per heavy atom. The van der Waals surface area contributed by atoms with Gasteiger partial charge in [-0.3, -0.25) is 14.4 Å². The molecule has 0 aliphatic carbocycles. The molecular weight excluding hydrogens is 372 g/mol. The smallest absolute Gasteiger partial charge is 0.312 e. The lowest BCUT2D eigenvalue weighted by Gasteiger charge is -2.34. The van der Waals surface area contributed by atoms with Crippen molar-refractivity contribution in [3.63, 3.8) is 0 Å². The molecule has 0 atom stereocenters. The summed E-state index contributed by atoms with van der Waals surface area (Å²) in [6, 6.07) is 2.05. The second kappa shape index (κ2) is 8.01. The fourth-order valence-corrected chi connectivity index (χ4v) is 2.90. The molecule has 1 N–H and O–H groups in total. The maximum atomic E-state index is 13.6. The fraction of sp³-hybridized carbons (Fsp3) is 0.438. The zero-order valence-corrected chi connectivity index (χ0v) is 15.3. The zero-order chi connectivity index (χ0) is 18.7. The number of halogens is 3. The van der Waals surface area contributed by atoms with Crippen LogP contribution in [0, 0.1) is 5.82 Å². The molecule has 1 aromatic rings. The van der Waals surface area contributed by atoms with Gasteiger partial charge in [-0.05, 0) is 26.0 Å². The molecule has 1 saturated heterocycles. The topological polar surface area (TPSA) is 69.7 Å². The molecule has 9 heteroatoms. The molecule has 136 valence electrons. The van der Waals surface area contributed by atoms with E-state index in [0.29, 0.717) is 0 Å². The van der Waals surface area contributed by atoms with Crippen molar-refractivity contribution >= 4 is 40.9 Å². The molecule has 1 aliphatic heterocycles. The number of amides is 3. The highest BCUT2D eigenvalue weighted by atomic mass is 35.5. The van der Waals surface area contributed by atoms with Gasteiger partial charge in [0.2, 0.25) is 0 Å². The van der Waals surface area contributed by atoms with Gasteiger partial charge in [-0.2, -0.15) is 0 Å². The van der Waals surface area contributed by atoms with Crippen LogP contribution in [0.1, 0.15) is 24.2 Å². The van der Waals surface area contributed by atoms with E-state index in [1.165, 1.54) is 15.9 Å². The molecule has 0 saturated carbocycles. The summed E-state index contributed by atoms with van der Waals surface area (Å²) in [6.07, 6.45) is 0. The summed E-state index contributed by atoms with van der Waals surface area (Å²) in [4.78, 5) is 39.1. The van der Waals surface area contributed by atoms with Gasteiger partial charge in [-0.15, -0.1) is 0 Å². The summed E-state index contributed by atoms with van der Waals surface area (Å²) in [7, 11) is 0. The molecule has 3 amide bonds. The predicted octanol–water partition coefficient (Wildman–Crippen LogP) is 1.94. The Morgan fingerprint density at radius 2 is 1.60 bits per heavy atom. The molecule has 0 unspecified atom stereocenters. The van der Waals surface area contributed by atoms with E-state index in [9.17, 15) is 18.8 Å². The van der Waals surface area contributed by atoms with Gasteiger partial charge in [0, 0.05) is 32.2 Å². The SMILES string of the molecule is CC(C)NC(=O)C(=O)N1CCN(C(=O)c2cc(F)c(Cl)cc2Cl)CC1. The molecular formula is C16H18Cl2FN3O3. The number of rotatable bonds is 2. The molecule has 1 fully saturated rings. The number of nitrogens with zero attached hydrogens (tertiary/aromatic N) is 2. The van der Waals surface area contributed by atoms with E-state index >= 15 is 0 Å². The summed E-state index contributed by atoms with van der Waals surface area (Å²) < 4.78 is 13.6. The highest BCUT2D eigenvalue weighted by Crippen LogP contribution is 2.25. The van der Waals surface area contributed by atoms with E-state index in [1.807, 2.05) is 0 Å². The van der Waals surface area contributed by atoms with E-state index in [4.69, 9.17) is 23.2 Å². The number of nitrogens with one attached hydrogen (secondary N) is 1. The summed E-state index contributed by atoms with van der Waals surface area (Å²) in [5.74, 6) is -2.47. The molecule has 0 spiro atoms. The van der Waals surface area contributed by atoms with E-state index in [0.717, 1.165) is 6.07 Å². The van der Waals surface area contributed by atoms with Gasteiger partial charge in [0.15, 0.2) is 0 Å². The predicted molar refractivity (Wildman–Crippen MR) is 92.2 cm³/mol. The number of carbonyl (C=O) groups excluding carboxylic acids is 3. The van der Waals surface area contributed by atoms with E-state index in [1.54, 1.807) is 13.8 Å². The Bertz CT molecular complexity index is 704. The van der Waals surface area contributed by atoms with Crippen LogP contribution >= 0.6 is 23.2 Å². The van der Waals surface area contributed by atoms with Crippen molar-refractivity contribution in [1.29, 1.82) is 0 Å². The maximum Gasteiger partial charge on any atom is 0.312 e. The molecule has 0 bridgehead atoms. The summed E-state index contributed by atoms with van der Waals surface area (Å²) in [5, 5.41) is 2.44. The van der Waals surface area contributed by atoms with Gasteiger partial charge < -0.3 is 15.1 Å². The largest absolute Gasteiger partial charge is 0.346 e. The Kier molecular flexibility index (Phi) is 6.24. The lowest BCUT2D eigenvalue weighted by atomic mass is 10.1. The van der Waals surface area contributed by atoms with Crippen LogP contribution in [0.3, 0.4) is 0 Å². The van der Waals surface area contributed by atoms with Crippen molar-refractivity contribution in [3.05, 3.63) is 33.6 Å². The monoisotopic (exact) mass is 389 g/mol. The summed E-state index contributed by atoms with van der Waals surface area (Å²) in [6.45, 7) is 4.39. The standard InChI is InChI=1S/C16H18Cl2FN3O3/c1-9(2)20-14(23)16(25)22-5-3-21(4-6-22)15(24)10-7-13(19)12(18)8-11(10)17/h7-9H,3-6H2,1-2H3,(H,20,23). The first-order valence-electron chi connectivity index (χ1n) is 7.74. The van der Waals surface area contributed by atoms with Crippen LogP contribution in [0.15, 0.2) is 12.1 Å². The van der Waals surface area contributed by atoms with Crippen LogP contribution in [0.5, 0.6) is 0 Å². The second-order valence-corrected chi connectivity index (χ2v) is 6.77. The molecule has 1 aromatic carbocycles. The van der Waals surface area contributed by atoms with E-state index in [2.05, 4.69) is 5.32 Å². The van der Waals surface area contributed by atoms with Crippen LogP contribution in [-0.4, -0.2) is 59.7 Å².